The smallest absolute Gasteiger partial charge is 0.224 e. The second kappa shape index (κ2) is 4.98. The van der Waals surface area contributed by atoms with E-state index in [2.05, 4.69) is 36.7 Å². The highest BCUT2D eigenvalue weighted by Gasteiger charge is 2.33. The molecule has 0 spiro atoms. The Balaban J connectivity index is 2.03. The van der Waals surface area contributed by atoms with Crippen LogP contribution in [0.25, 0.3) is 0 Å². The summed E-state index contributed by atoms with van der Waals surface area (Å²) in [6.45, 7) is 6.43. The maximum Gasteiger partial charge on any atom is 0.224 e. The summed E-state index contributed by atoms with van der Waals surface area (Å²) in [5.74, 6) is 0.0853. The summed E-state index contributed by atoms with van der Waals surface area (Å²) >= 11 is 0. The van der Waals surface area contributed by atoms with E-state index < -0.39 is 0 Å². The van der Waals surface area contributed by atoms with E-state index in [1.807, 2.05) is 30.3 Å². The number of carbonyl (C=O) groups excluding carboxylic acids is 1. The predicted octanol–water partition coefficient (Wildman–Crippen LogP) is 1.91. The Labute approximate surface area is 108 Å². The first kappa shape index (κ1) is 12.9. The summed E-state index contributed by atoms with van der Waals surface area (Å²) in [5, 5.41) is 9.61. The maximum absolute atomic E-state index is 11.7. The third-order valence-corrected chi connectivity index (χ3v) is 3.19. The molecule has 0 bridgehead atoms. The summed E-state index contributed by atoms with van der Waals surface area (Å²) in [6.07, 6.45) is 0.314. The van der Waals surface area contributed by atoms with E-state index in [0.29, 0.717) is 6.42 Å². The lowest BCUT2D eigenvalue weighted by Gasteiger charge is -2.39. The van der Waals surface area contributed by atoms with Gasteiger partial charge in [-0.2, -0.15) is 0 Å². The molecular weight excluding hydrogens is 226 g/mol. The monoisotopic (exact) mass is 247 g/mol. The van der Waals surface area contributed by atoms with Crippen LogP contribution in [0.2, 0.25) is 0 Å². The van der Waals surface area contributed by atoms with Crippen LogP contribution in [-0.2, 0) is 4.79 Å². The van der Waals surface area contributed by atoms with Gasteiger partial charge >= 0.3 is 0 Å². The lowest BCUT2D eigenvalue weighted by Crippen LogP contribution is -2.62. The number of rotatable bonds is 2. The Morgan fingerprint density at radius 2 is 1.89 bits per heavy atom. The van der Waals surface area contributed by atoms with Crippen LogP contribution in [0, 0.1) is 5.41 Å². The lowest BCUT2D eigenvalue weighted by atomic mass is 9.84. The molecule has 3 N–H and O–H groups in total. The van der Waals surface area contributed by atoms with Gasteiger partial charge in [0.1, 0.15) is 0 Å². The number of nitrogens with one attached hydrogen (secondary N) is 3. The average molecular weight is 247 g/mol. The van der Waals surface area contributed by atoms with Crippen LogP contribution >= 0.6 is 0 Å². The van der Waals surface area contributed by atoms with Gasteiger partial charge in [-0.05, 0) is 17.5 Å². The first-order valence-electron chi connectivity index (χ1n) is 6.32. The van der Waals surface area contributed by atoms with E-state index in [9.17, 15) is 4.79 Å². The van der Waals surface area contributed by atoms with Crippen molar-refractivity contribution in [1.82, 2.24) is 10.6 Å². The number of hydrogen-bond donors (Lipinski definition) is 3. The first-order chi connectivity index (χ1) is 8.45. The molecular formula is C14H21N3O. The zero-order chi connectivity index (χ0) is 13.2. The standard InChI is InChI=1S/C14H21N3O/c1-14(2,3)11-9-12(18)17-13(16-11)15-10-7-5-4-6-8-10/h4-8,11,13,15-16H,9H2,1-3H3,(H,17,18). The van der Waals surface area contributed by atoms with E-state index in [1.165, 1.54) is 0 Å². The fourth-order valence-electron chi connectivity index (χ4n) is 2.04. The van der Waals surface area contributed by atoms with Gasteiger partial charge in [0.15, 0.2) is 6.29 Å². The number of hydrogen-bond acceptors (Lipinski definition) is 3. The van der Waals surface area contributed by atoms with Crippen molar-refractivity contribution in [3.63, 3.8) is 0 Å². The van der Waals surface area contributed by atoms with Gasteiger partial charge in [-0.3, -0.25) is 10.1 Å². The van der Waals surface area contributed by atoms with Crippen molar-refractivity contribution < 1.29 is 4.79 Å². The minimum atomic E-state index is -0.210. The molecule has 2 atom stereocenters. The quantitative estimate of drug-likeness (QED) is 0.748. The van der Waals surface area contributed by atoms with Crippen LogP contribution in [-0.4, -0.2) is 18.2 Å². The Kier molecular flexibility index (Phi) is 3.57. The number of carbonyl (C=O) groups is 1. The van der Waals surface area contributed by atoms with Crippen molar-refractivity contribution >= 4 is 11.6 Å². The van der Waals surface area contributed by atoms with Crippen LogP contribution < -0.4 is 16.0 Å². The Bertz CT molecular complexity index is 411. The highest BCUT2D eigenvalue weighted by atomic mass is 16.2. The minimum Gasteiger partial charge on any atom is -0.353 e. The molecule has 1 fully saturated rings. The highest BCUT2D eigenvalue weighted by Crippen LogP contribution is 2.24. The van der Waals surface area contributed by atoms with Gasteiger partial charge in [0.2, 0.25) is 5.91 Å². The van der Waals surface area contributed by atoms with E-state index in [0.717, 1.165) is 5.69 Å². The van der Waals surface area contributed by atoms with Crippen molar-refractivity contribution in [3.8, 4) is 0 Å². The fraction of sp³-hybridized carbons (Fsp3) is 0.500. The molecule has 2 rings (SSSR count). The van der Waals surface area contributed by atoms with Crippen molar-refractivity contribution in [2.75, 3.05) is 5.32 Å². The summed E-state index contributed by atoms with van der Waals surface area (Å²) in [4.78, 5) is 11.7. The van der Waals surface area contributed by atoms with E-state index >= 15 is 0 Å². The van der Waals surface area contributed by atoms with Gasteiger partial charge in [-0.15, -0.1) is 0 Å². The molecule has 0 aromatic heterocycles. The fourth-order valence-corrected chi connectivity index (χ4v) is 2.04. The Hall–Kier alpha value is -1.55. The largest absolute Gasteiger partial charge is 0.353 e. The molecule has 98 valence electrons. The molecule has 4 heteroatoms. The third kappa shape index (κ3) is 3.23. The van der Waals surface area contributed by atoms with Gasteiger partial charge in [0.25, 0.3) is 0 Å². The molecule has 1 aromatic rings. The normalized spacial score (nSPS) is 24.5. The van der Waals surface area contributed by atoms with Crippen LogP contribution in [0.3, 0.4) is 0 Å². The van der Waals surface area contributed by atoms with Gasteiger partial charge in [0.05, 0.1) is 0 Å². The van der Waals surface area contributed by atoms with Gasteiger partial charge in [0, 0.05) is 18.2 Å². The van der Waals surface area contributed by atoms with Crippen molar-refractivity contribution in [3.05, 3.63) is 30.3 Å². The topological polar surface area (TPSA) is 53.2 Å². The highest BCUT2D eigenvalue weighted by molar-refractivity contribution is 5.78. The molecule has 2 unspecified atom stereocenters. The molecule has 0 saturated carbocycles. The average Bonchev–Trinajstić information content (AvgIpc) is 2.28. The van der Waals surface area contributed by atoms with Gasteiger partial charge < -0.3 is 10.6 Å². The van der Waals surface area contributed by atoms with Gasteiger partial charge in [-0.25, -0.2) is 0 Å². The van der Waals surface area contributed by atoms with Crippen molar-refractivity contribution in [1.29, 1.82) is 0 Å². The summed E-state index contributed by atoms with van der Waals surface area (Å²) in [5.41, 5.74) is 1.05. The zero-order valence-corrected chi connectivity index (χ0v) is 11.2. The van der Waals surface area contributed by atoms with E-state index in [4.69, 9.17) is 0 Å². The summed E-state index contributed by atoms with van der Waals surface area (Å²) in [7, 11) is 0. The number of anilines is 1. The van der Waals surface area contributed by atoms with Crippen molar-refractivity contribution in [2.24, 2.45) is 5.41 Å². The molecule has 1 heterocycles. The SMILES string of the molecule is CC(C)(C)C1CC(=O)NC(Nc2ccccc2)N1. The number of para-hydroxylation sites is 1. The zero-order valence-electron chi connectivity index (χ0n) is 11.2. The van der Waals surface area contributed by atoms with Crippen molar-refractivity contribution in [2.45, 2.75) is 39.5 Å². The maximum atomic E-state index is 11.7. The first-order valence-corrected chi connectivity index (χ1v) is 6.32. The molecule has 1 aliphatic rings. The molecule has 1 saturated heterocycles. The second-order valence-electron chi connectivity index (χ2n) is 5.80. The molecule has 18 heavy (non-hydrogen) atoms. The third-order valence-electron chi connectivity index (χ3n) is 3.19. The van der Waals surface area contributed by atoms with Crippen LogP contribution in [0.4, 0.5) is 5.69 Å². The molecule has 0 radical (unpaired) electrons. The summed E-state index contributed by atoms with van der Waals surface area (Å²) in [6, 6.07) is 10.0. The Morgan fingerprint density at radius 1 is 1.22 bits per heavy atom. The molecule has 0 aliphatic carbocycles. The Morgan fingerprint density at radius 3 is 2.50 bits per heavy atom. The van der Waals surface area contributed by atoms with Crippen LogP contribution in [0.5, 0.6) is 0 Å². The summed E-state index contributed by atoms with van der Waals surface area (Å²) < 4.78 is 0. The van der Waals surface area contributed by atoms with Crippen LogP contribution in [0.1, 0.15) is 27.2 Å². The second-order valence-corrected chi connectivity index (χ2v) is 5.80. The molecule has 1 aromatic carbocycles. The molecule has 1 aliphatic heterocycles. The van der Waals surface area contributed by atoms with E-state index in [1.54, 1.807) is 0 Å². The molecule has 1 amide bonds. The number of amides is 1. The number of benzene rings is 1. The molecule has 4 nitrogen and oxygen atoms in total. The predicted molar refractivity (Wildman–Crippen MR) is 73.0 cm³/mol. The van der Waals surface area contributed by atoms with E-state index in [-0.39, 0.29) is 23.7 Å². The van der Waals surface area contributed by atoms with Gasteiger partial charge in [-0.1, -0.05) is 39.0 Å². The minimum absolute atomic E-state index is 0.0639. The van der Waals surface area contributed by atoms with Crippen LogP contribution in [0.15, 0.2) is 30.3 Å². The lowest BCUT2D eigenvalue weighted by molar-refractivity contribution is -0.125.